The second-order valence-electron chi connectivity index (χ2n) is 5.12. The third-order valence-electron chi connectivity index (χ3n) is 3.12. The number of thioether (sulfide) groups is 1. The lowest BCUT2D eigenvalue weighted by molar-refractivity contribution is -0.125. The Morgan fingerprint density at radius 1 is 1.25 bits per heavy atom. The molecule has 0 saturated carbocycles. The van der Waals surface area contributed by atoms with Gasteiger partial charge < -0.3 is 10.6 Å². The normalized spacial score (nSPS) is 18.2. The molecule has 3 amide bonds. The van der Waals surface area contributed by atoms with Crippen LogP contribution >= 0.6 is 11.8 Å². The first kappa shape index (κ1) is 18.3. The van der Waals surface area contributed by atoms with Crippen LogP contribution in [0.3, 0.4) is 0 Å². The summed E-state index contributed by atoms with van der Waals surface area (Å²) in [5.41, 5.74) is 0.394. The Balaban J connectivity index is 2.04. The van der Waals surface area contributed by atoms with Crippen molar-refractivity contribution in [1.82, 2.24) is 10.0 Å². The third kappa shape index (κ3) is 4.96. The maximum Gasteiger partial charge on any atom is 0.264 e. The lowest BCUT2D eigenvalue weighted by Crippen LogP contribution is -2.44. The number of nitrogens with one attached hydrogen (secondary N) is 3. The van der Waals surface area contributed by atoms with Crippen LogP contribution in [0.25, 0.3) is 0 Å². The third-order valence-corrected chi connectivity index (χ3v) is 5.63. The molecule has 1 aromatic rings. The molecule has 1 heterocycles. The maximum atomic E-state index is 12.2. The van der Waals surface area contributed by atoms with Crippen LogP contribution in [0.2, 0.25) is 0 Å². The summed E-state index contributed by atoms with van der Waals surface area (Å²) in [6.07, 6.45) is 0.379. The molecule has 0 radical (unpaired) electrons. The van der Waals surface area contributed by atoms with Gasteiger partial charge in [-0.1, -0.05) is 0 Å². The summed E-state index contributed by atoms with van der Waals surface area (Å²) in [6.45, 7) is 1.10. The topological polar surface area (TPSA) is 121 Å². The van der Waals surface area contributed by atoms with E-state index in [9.17, 15) is 22.8 Å². The monoisotopic (exact) mass is 371 g/mol. The lowest BCUT2D eigenvalue weighted by Gasteiger charge is -2.15. The van der Waals surface area contributed by atoms with Crippen LogP contribution < -0.4 is 15.4 Å². The second kappa shape index (κ2) is 7.67. The van der Waals surface area contributed by atoms with E-state index in [1.807, 2.05) is 4.72 Å². The largest absolute Gasteiger partial charge is 0.343 e. The van der Waals surface area contributed by atoms with Crippen molar-refractivity contribution in [3.8, 4) is 0 Å². The second-order valence-corrected chi connectivity index (χ2v) is 7.95. The summed E-state index contributed by atoms with van der Waals surface area (Å²) in [7, 11) is -3.91. The predicted molar refractivity (Wildman–Crippen MR) is 89.9 cm³/mol. The molecule has 1 fully saturated rings. The number of benzene rings is 1. The van der Waals surface area contributed by atoms with E-state index in [-0.39, 0.29) is 16.7 Å². The zero-order chi connectivity index (χ0) is 17.7. The van der Waals surface area contributed by atoms with E-state index in [1.165, 1.54) is 36.0 Å². The van der Waals surface area contributed by atoms with E-state index in [0.29, 0.717) is 23.6 Å². The van der Waals surface area contributed by atoms with E-state index in [4.69, 9.17) is 0 Å². The van der Waals surface area contributed by atoms with Crippen molar-refractivity contribution in [3.63, 3.8) is 0 Å². The highest BCUT2D eigenvalue weighted by atomic mass is 32.2. The molecule has 3 N–H and O–H groups in total. The predicted octanol–water partition coefficient (Wildman–Crippen LogP) is 0.0716. The first-order valence-electron chi connectivity index (χ1n) is 7.09. The Morgan fingerprint density at radius 2 is 1.92 bits per heavy atom. The fourth-order valence-electron chi connectivity index (χ4n) is 2.01. The summed E-state index contributed by atoms with van der Waals surface area (Å²) in [4.78, 5) is 34.5. The molecular formula is C14H17N3O5S2. The quantitative estimate of drug-likeness (QED) is 0.689. The van der Waals surface area contributed by atoms with Crippen molar-refractivity contribution in [3.05, 3.63) is 24.3 Å². The molecule has 10 heteroatoms. The molecule has 8 nitrogen and oxygen atoms in total. The van der Waals surface area contributed by atoms with E-state index in [1.54, 1.807) is 0 Å². The van der Waals surface area contributed by atoms with Gasteiger partial charge in [-0.2, -0.15) is 11.8 Å². The molecule has 1 aromatic carbocycles. The van der Waals surface area contributed by atoms with Crippen molar-refractivity contribution < 1.29 is 22.8 Å². The van der Waals surface area contributed by atoms with Crippen LogP contribution in [-0.2, 0) is 24.4 Å². The number of carbonyl (C=O) groups excluding carboxylic acids is 3. The summed E-state index contributed by atoms with van der Waals surface area (Å²) in [6, 6.07) is 4.76. The zero-order valence-electron chi connectivity index (χ0n) is 12.9. The standard InChI is InChI=1S/C14H17N3O5S2/c1-9(18)17-24(21,22)11-4-2-10(3-5-11)15-14(20)12-8-23-7-6-13(19)16-12/h2-5,12H,6-8H2,1H3,(H,15,20)(H,16,19)(H,17,18)/t12-/m1/s1. The van der Waals surface area contributed by atoms with Crippen molar-refractivity contribution in [2.45, 2.75) is 24.3 Å². The van der Waals surface area contributed by atoms with Gasteiger partial charge in [0.05, 0.1) is 4.90 Å². The molecule has 0 spiro atoms. The first-order valence-corrected chi connectivity index (χ1v) is 9.73. The van der Waals surface area contributed by atoms with E-state index in [2.05, 4.69) is 10.6 Å². The molecule has 0 aromatic heterocycles. The highest BCUT2D eigenvalue weighted by molar-refractivity contribution is 7.99. The van der Waals surface area contributed by atoms with Crippen molar-refractivity contribution in [1.29, 1.82) is 0 Å². The van der Waals surface area contributed by atoms with Crippen LogP contribution in [-0.4, -0.2) is 43.7 Å². The number of hydrogen-bond donors (Lipinski definition) is 3. The highest BCUT2D eigenvalue weighted by Crippen LogP contribution is 2.16. The number of sulfonamides is 1. The number of hydrogen-bond acceptors (Lipinski definition) is 6. The Morgan fingerprint density at radius 3 is 2.54 bits per heavy atom. The minimum absolute atomic E-state index is 0.0889. The van der Waals surface area contributed by atoms with Gasteiger partial charge in [-0.25, -0.2) is 13.1 Å². The SMILES string of the molecule is CC(=O)NS(=O)(=O)c1ccc(NC(=O)[C@H]2CSCCC(=O)N2)cc1. The van der Waals surface area contributed by atoms with Crippen molar-refractivity contribution >= 4 is 45.2 Å². The Bertz CT molecular complexity index is 746. The summed E-state index contributed by atoms with van der Waals surface area (Å²) in [5, 5.41) is 5.27. The van der Waals surface area contributed by atoms with E-state index < -0.39 is 22.0 Å². The van der Waals surface area contributed by atoms with Crippen LogP contribution in [0, 0.1) is 0 Å². The van der Waals surface area contributed by atoms with Crippen LogP contribution in [0.15, 0.2) is 29.2 Å². The maximum absolute atomic E-state index is 12.2. The summed E-state index contributed by atoms with van der Waals surface area (Å²) >= 11 is 1.51. The lowest BCUT2D eigenvalue weighted by atomic mass is 10.2. The summed E-state index contributed by atoms with van der Waals surface area (Å²) < 4.78 is 25.5. The Hall–Kier alpha value is -2.07. The van der Waals surface area contributed by atoms with Crippen LogP contribution in [0.4, 0.5) is 5.69 Å². The molecule has 0 unspecified atom stereocenters. The number of amides is 3. The van der Waals surface area contributed by atoms with Crippen molar-refractivity contribution in [2.24, 2.45) is 0 Å². The van der Waals surface area contributed by atoms with Crippen LogP contribution in [0.1, 0.15) is 13.3 Å². The molecule has 130 valence electrons. The van der Waals surface area contributed by atoms with Crippen molar-refractivity contribution in [2.75, 3.05) is 16.8 Å². The van der Waals surface area contributed by atoms with Gasteiger partial charge in [0, 0.05) is 30.5 Å². The first-order chi connectivity index (χ1) is 11.3. The molecule has 24 heavy (non-hydrogen) atoms. The fraction of sp³-hybridized carbons (Fsp3) is 0.357. The highest BCUT2D eigenvalue weighted by Gasteiger charge is 2.23. The van der Waals surface area contributed by atoms with Gasteiger partial charge >= 0.3 is 0 Å². The van der Waals surface area contributed by atoms with E-state index >= 15 is 0 Å². The smallest absolute Gasteiger partial charge is 0.264 e. The molecule has 1 aliphatic heterocycles. The molecule has 1 atom stereocenters. The van der Waals surface area contributed by atoms with Gasteiger partial charge in [0.25, 0.3) is 10.0 Å². The molecule has 1 saturated heterocycles. The average molecular weight is 371 g/mol. The Labute approximate surface area is 143 Å². The Kier molecular flexibility index (Phi) is 5.84. The molecule has 2 rings (SSSR count). The molecule has 0 aliphatic carbocycles. The number of rotatable bonds is 4. The minimum atomic E-state index is -3.91. The fourth-order valence-corrected chi connectivity index (χ4v) is 3.97. The van der Waals surface area contributed by atoms with Gasteiger partial charge in [0.1, 0.15) is 6.04 Å². The van der Waals surface area contributed by atoms with Gasteiger partial charge in [0.2, 0.25) is 17.7 Å². The number of anilines is 1. The minimum Gasteiger partial charge on any atom is -0.343 e. The van der Waals surface area contributed by atoms with Crippen LogP contribution in [0.5, 0.6) is 0 Å². The molecule has 1 aliphatic rings. The van der Waals surface area contributed by atoms with Gasteiger partial charge in [-0.3, -0.25) is 14.4 Å². The van der Waals surface area contributed by atoms with Gasteiger partial charge in [-0.15, -0.1) is 0 Å². The van der Waals surface area contributed by atoms with Gasteiger partial charge in [-0.05, 0) is 24.3 Å². The average Bonchev–Trinajstić information content (AvgIpc) is 2.71. The molecular weight excluding hydrogens is 354 g/mol. The summed E-state index contributed by atoms with van der Waals surface area (Å²) in [5.74, 6) is -0.0705. The van der Waals surface area contributed by atoms with Gasteiger partial charge in [0.15, 0.2) is 0 Å². The molecule has 0 bridgehead atoms. The number of carbonyl (C=O) groups is 3. The zero-order valence-corrected chi connectivity index (χ0v) is 14.5. The van der Waals surface area contributed by atoms with E-state index in [0.717, 1.165) is 6.92 Å².